The second-order valence-corrected chi connectivity index (χ2v) is 8.50. The van der Waals surface area contributed by atoms with Crippen molar-refractivity contribution < 1.29 is 18.7 Å². The predicted octanol–water partition coefficient (Wildman–Crippen LogP) is 5.37. The van der Waals surface area contributed by atoms with E-state index in [9.17, 15) is 9.59 Å². The predicted molar refractivity (Wildman–Crippen MR) is 118 cm³/mol. The molecule has 0 saturated heterocycles. The van der Waals surface area contributed by atoms with Gasteiger partial charge in [0.25, 0.3) is 11.8 Å². The highest BCUT2D eigenvalue weighted by atomic mass is 32.1. The van der Waals surface area contributed by atoms with Crippen LogP contribution in [0.5, 0.6) is 5.75 Å². The molecule has 2 heterocycles. The van der Waals surface area contributed by atoms with E-state index in [0.717, 1.165) is 30.6 Å². The van der Waals surface area contributed by atoms with Gasteiger partial charge in [0, 0.05) is 10.6 Å². The maximum Gasteiger partial charge on any atom is 0.291 e. The van der Waals surface area contributed by atoms with Crippen LogP contribution in [-0.4, -0.2) is 18.4 Å². The summed E-state index contributed by atoms with van der Waals surface area (Å²) in [6.45, 7) is 4.72. The van der Waals surface area contributed by atoms with Crippen LogP contribution in [0.2, 0.25) is 0 Å². The molecule has 1 aromatic carbocycles. The highest BCUT2D eigenvalue weighted by Gasteiger charge is 2.29. The number of rotatable bonds is 6. The smallest absolute Gasteiger partial charge is 0.291 e. The molecule has 0 aliphatic heterocycles. The number of nitrogens with one attached hydrogen (secondary N) is 2. The fourth-order valence-corrected chi connectivity index (χ4v) is 5.05. The molecule has 1 atom stereocenters. The summed E-state index contributed by atoms with van der Waals surface area (Å²) >= 11 is 1.48. The molecule has 1 aliphatic carbocycles. The third kappa shape index (κ3) is 4.26. The van der Waals surface area contributed by atoms with Gasteiger partial charge in [-0.1, -0.05) is 6.92 Å². The maximum atomic E-state index is 13.2. The first kappa shape index (κ1) is 20.2. The van der Waals surface area contributed by atoms with Crippen molar-refractivity contribution in [2.75, 3.05) is 17.2 Å². The lowest BCUT2D eigenvalue weighted by atomic mass is 9.88. The highest BCUT2D eigenvalue weighted by Crippen LogP contribution is 2.40. The molecule has 2 aromatic heterocycles. The Bertz CT molecular complexity index is 1040. The van der Waals surface area contributed by atoms with E-state index in [-0.39, 0.29) is 17.6 Å². The number of fused-ring (bicyclic) bond motifs is 1. The minimum atomic E-state index is -0.359. The minimum absolute atomic E-state index is 0.215. The van der Waals surface area contributed by atoms with Crippen LogP contribution >= 0.6 is 11.3 Å². The Balaban J connectivity index is 1.61. The third-order valence-electron chi connectivity index (χ3n) is 5.13. The average molecular weight is 425 g/mol. The van der Waals surface area contributed by atoms with Crippen LogP contribution in [0.1, 0.15) is 51.6 Å². The highest BCUT2D eigenvalue weighted by molar-refractivity contribution is 7.17. The van der Waals surface area contributed by atoms with Crippen LogP contribution in [0.3, 0.4) is 0 Å². The summed E-state index contributed by atoms with van der Waals surface area (Å²) in [5.74, 6) is 0.950. The summed E-state index contributed by atoms with van der Waals surface area (Å²) in [5, 5.41) is 6.41. The van der Waals surface area contributed by atoms with Crippen LogP contribution in [0.4, 0.5) is 10.7 Å². The van der Waals surface area contributed by atoms with E-state index in [0.29, 0.717) is 28.8 Å². The van der Waals surface area contributed by atoms with Gasteiger partial charge in [0.05, 0.1) is 18.4 Å². The molecule has 7 heteroatoms. The van der Waals surface area contributed by atoms with E-state index >= 15 is 0 Å². The molecular weight excluding hydrogens is 400 g/mol. The largest absolute Gasteiger partial charge is 0.494 e. The number of hydrogen-bond acceptors (Lipinski definition) is 5. The number of hydrogen-bond donors (Lipinski definition) is 2. The number of ether oxygens (including phenoxy) is 1. The van der Waals surface area contributed by atoms with Gasteiger partial charge < -0.3 is 19.8 Å². The van der Waals surface area contributed by atoms with Gasteiger partial charge in [-0.05, 0) is 74.1 Å². The zero-order valence-corrected chi connectivity index (χ0v) is 17.8. The van der Waals surface area contributed by atoms with Crippen molar-refractivity contribution in [1.82, 2.24) is 0 Å². The van der Waals surface area contributed by atoms with E-state index in [1.807, 2.05) is 31.2 Å². The summed E-state index contributed by atoms with van der Waals surface area (Å²) in [4.78, 5) is 26.9. The summed E-state index contributed by atoms with van der Waals surface area (Å²) in [5.41, 5.74) is 2.27. The molecule has 2 amide bonds. The molecule has 0 fully saturated rings. The Morgan fingerprint density at radius 1 is 1.17 bits per heavy atom. The number of thiophene rings is 1. The average Bonchev–Trinajstić information content (AvgIpc) is 3.37. The van der Waals surface area contributed by atoms with Crippen molar-refractivity contribution in [3.63, 3.8) is 0 Å². The van der Waals surface area contributed by atoms with Crippen LogP contribution < -0.4 is 15.4 Å². The first-order chi connectivity index (χ1) is 14.5. The fraction of sp³-hybridized carbons (Fsp3) is 0.304. The van der Waals surface area contributed by atoms with Gasteiger partial charge in [0.2, 0.25) is 0 Å². The lowest BCUT2D eigenvalue weighted by Gasteiger charge is -2.18. The van der Waals surface area contributed by atoms with Gasteiger partial charge in [-0.25, -0.2) is 0 Å². The second-order valence-electron chi connectivity index (χ2n) is 7.40. The first-order valence-corrected chi connectivity index (χ1v) is 10.9. The van der Waals surface area contributed by atoms with Gasteiger partial charge in [-0.2, -0.15) is 0 Å². The summed E-state index contributed by atoms with van der Waals surface area (Å²) < 4.78 is 10.6. The Labute approximate surface area is 179 Å². The first-order valence-electron chi connectivity index (χ1n) is 10.1. The monoisotopic (exact) mass is 424 g/mol. The molecule has 156 valence electrons. The minimum Gasteiger partial charge on any atom is -0.494 e. The van der Waals surface area contributed by atoms with E-state index in [1.165, 1.54) is 22.5 Å². The molecule has 0 saturated carbocycles. The molecule has 1 aliphatic rings. The quantitative estimate of drug-likeness (QED) is 0.557. The zero-order valence-electron chi connectivity index (χ0n) is 17.0. The lowest BCUT2D eigenvalue weighted by Crippen LogP contribution is -2.19. The Kier molecular flexibility index (Phi) is 5.90. The summed E-state index contributed by atoms with van der Waals surface area (Å²) in [6, 6.07) is 10.5. The molecule has 2 N–H and O–H groups in total. The summed E-state index contributed by atoms with van der Waals surface area (Å²) in [7, 11) is 0. The number of benzene rings is 1. The van der Waals surface area contributed by atoms with Crippen LogP contribution in [0, 0.1) is 5.92 Å². The van der Waals surface area contributed by atoms with Gasteiger partial charge in [0.15, 0.2) is 5.76 Å². The maximum absolute atomic E-state index is 13.2. The van der Waals surface area contributed by atoms with E-state index in [2.05, 4.69) is 17.6 Å². The molecule has 30 heavy (non-hydrogen) atoms. The Morgan fingerprint density at radius 3 is 2.67 bits per heavy atom. The Hall–Kier alpha value is -3.06. The van der Waals surface area contributed by atoms with Crippen LogP contribution in [-0.2, 0) is 12.8 Å². The number of furan rings is 1. The molecule has 1 unspecified atom stereocenters. The van der Waals surface area contributed by atoms with Crippen LogP contribution in [0.25, 0.3) is 0 Å². The lowest BCUT2D eigenvalue weighted by molar-refractivity contribution is 0.0997. The van der Waals surface area contributed by atoms with Crippen molar-refractivity contribution in [1.29, 1.82) is 0 Å². The van der Waals surface area contributed by atoms with Gasteiger partial charge in [-0.3, -0.25) is 9.59 Å². The Morgan fingerprint density at radius 2 is 1.97 bits per heavy atom. The number of anilines is 2. The normalized spacial score (nSPS) is 15.3. The molecule has 0 bridgehead atoms. The van der Waals surface area contributed by atoms with Crippen LogP contribution in [0.15, 0.2) is 47.1 Å². The van der Waals surface area contributed by atoms with Gasteiger partial charge >= 0.3 is 0 Å². The van der Waals surface area contributed by atoms with Gasteiger partial charge in [-0.15, -0.1) is 11.3 Å². The zero-order chi connectivity index (χ0) is 21.1. The van der Waals surface area contributed by atoms with Crippen molar-refractivity contribution in [2.45, 2.75) is 33.1 Å². The standard InChI is InChI=1S/C23H24N2O4S/c1-3-28-16-9-7-15(8-10-16)24-22(27)20-17-11-6-14(2)13-19(17)30-23(20)25-21(26)18-5-4-12-29-18/h4-5,7-10,12,14H,3,6,11,13H2,1-2H3,(H,24,27)(H,25,26). The molecule has 4 rings (SSSR count). The molecular formula is C23H24N2O4S. The van der Waals surface area contributed by atoms with Gasteiger partial charge in [0.1, 0.15) is 10.8 Å². The van der Waals surface area contributed by atoms with Crippen molar-refractivity contribution in [2.24, 2.45) is 5.92 Å². The topological polar surface area (TPSA) is 80.6 Å². The molecule has 0 radical (unpaired) electrons. The molecule has 6 nitrogen and oxygen atoms in total. The van der Waals surface area contributed by atoms with Crippen molar-refractivity contribution in [3.05, 3.63) is 64.4 Å². The van der Waals surface area contributed by atoms with Crippen molar-refractivity contribution >= 4 is 33.8 Å². The van der Waals surface area contributed by atoms with E-state index in [4.69, 9.17) is 9.15 Å². The molecule has 3 aromatic rings. The van der Waals surface area contributed by atoms with Crippen molar-refractivity contribution in [3.8, 4) is 5.75 Å². The SMILES string of the molecule is CCOc1ccc(NC(=O)c2c(NC(=O)c3ccco3)sc3c2CCC(C)C3)cc1. The number of amides is 2. The molecule has 0 spiro atoms. The van der Waals surface area contributed by atoms with E-state index in [1.54, 1.807) is 12.1 Å². The fourth-order valence-electron chi connectivity index (χ4n) is 3.65. The third-order valence-corrected chi connectivity index (χ3v) is 6.30. The number of carbonyl (C=O) groups is 2. The number of carbonyl (C=O) groups excluding carboxylic acids is 2. The second kappa shape index (κ2) is 8.75. The van der Waals surface area contributed by atoms with E-state index < -0.39 is 0 Å². The summed E-state index contributed by atoms with van der Waals surface area (Å²) in [6.07, 6.45) is 4.23.